The summed E-state index contributed by atoms with van der Waals surface area (Å²) in [6.45, 7) is 6.68. The fourth-order valence-electron chi connectivity index (χ4n) is 2.34. The first kappa shape index (κ1) is 13.1. The van der Waals surface area contributed by atoms with Crippen LogP contribution in [0.5, 0.6) is 0 Å². The molecule has 0 saturated carbocycles. The standard InChI is InChI=1S/C15H16FN3S/c1-9-4-5-12(16)6-13(9)17-7-14-11(3)18-15-19(14)10(2)8-20-15/h4-6,8,17H,7H2,1-3H3. The van der Waals surface area contributed by atoms with Gasteiger partial charge in [0.1, 0.15) is 5.82 Å². The molecule has 0 atom stereocenters. The zero-order chi connectivity index (χ0) is 14.3. The molecule has 3 nitrogen and oxygen atoms in total. The van der Waals surface area contributed by atoms with E-state index in [1.807, 2.05) is 13.8 Å². The molecule has 20 heavy (non-hydrogen) atoms. The van der Waals surface area contributed by atoms with E-state index in [1.165, 1.54) is 17.8 Å². The molecule has 3 rings (SSSR count). The number of nitrogens with zero attached hydrogens (tertiary/aromatic N) is 2. The minimum atomic E-state index is -0.222. The van der Waals surface area contributed by atoms with Crippen LogP contribution in [0.2, 0.25) is 0 Å². The van der Waals surface area contributed by atoms with Crippen LogP contribution in [-0.4, -0.2) is 9.38 Å². The molecule has 0 radical (unpaired) electrons. The summed E-state index contributed by atoms with van der Waals surface area (Å²) in [7, 11) is 0. The Labute approximate surface area is 121 Å². The Morgan fingerprint density at radius 3 is 2.90 bits per heavy atom. The van der Waals surface area contributed by atoms with Crippen LogP contribution in [0.3, 0.4) is 0 Å². The summed E-state index contributed by atoms with van der Waals surface area (Å²) in [5, 5.41) is 5.41. The van der Waals surface area contributed by atoms with Gasteiger partial charge in [0, 0.05) is 16.8 Å². The molecule has 0 unspecified atom stereocenters. The minimum Gasteiger partial charge on any atom is -0.379 e. The lowest BCUT2D eigenvalue weighted by Crippen LogP contribution is -2.06. The van der Waals surface area contributed by atoms with Crippen molar-refractivity contribution in [3.05, 3.63) is 52.0 Å². The molecule has 0 fully saturated rings. The van der Waals surface area contributed by atoms with Crippen LogP contribution in [-0.2, 0) is 6.54 Å². The molecule has 5 heteroatoms. The van der Waals surface area contributed by atoms with Crippen LogP contribution in [0.4, 0.5) is 10.1 Å². The van der Waals surface area contributed by atoms with E-state index in [4.69, 9.17) is 0 Å². The summed E-state index contributed by atoms with van der Waals surface area (Å²) in [5.41, 5.74) is 5.18. The number of benzene rings is 1. The van der Waals surface area contributed by atoms with Crippen molar-refractivity contribution in [3.8, 4) is 0 Å². The minimum absolute atomic E-state index is 0.222. The number of hydrogen-bond donors (Lipinski definition) is 1. The third kappa shape index (κ3) is 2.18. The number of imidazole rings is 1. The fraction of sp³-hybridized carbons (Fsp3) is 0.267. The van der Waals surface area contributed by atoms with E-state index < -0.39 is 0 Å². The highest BCUT2D eigenvalue weighted by atomic mass is 32.1. The number of aromatic nitrogens is 2. The lowest BCUT2D eigenvalue weighted by Gasteiger charge is -2.10. The number of fused-ring (bicyclic) bond motifs is 1. The van der Waals surface area contributed by atoms with Crippen molar-refractivity contribution in [1.29, 1.82) is 0 Å². The van der Waals surface area contributed by atoms with Crippen molar-refractivity contribution >= 4 is 22.0 Å². The van der Waals surface area contributed by atoms with E-state index in [0.717, 1.165) is 27.6 Å². The fourth-order valence-corrected chi connectivity index (χ4v) is 3.27. The summed E-state index contributed by atoms with van der Waals surface area (Å²) in [6, 6.07) is 4.79. The van der Waals surface area contributed by atoms with E-state index in [1.54, 1.807) is 17.4 Å². The van der Waals surface area contributed by atoms with Gasteiger partial charge in [0.05, 0.1) is 17.9 Å². The highest BCUT2D eigenvalue weighted by Gasteiger charge is 2.12. The lowest BCUT2D eigenvalue weighted by atomic mass is 10.2. The monoisotopic (exact) mass is 289 g/mol. The van der Waals surface area contributed by atoms with E-state index in [-0.39, 0.29) is 5.82 Å². The lowest BCUT2D eigenvalue weighted by molar-refractivity contribution is 0.627. The normalized spacial score (nSPS) is 11.2. The van der Waals surface area contributed by atoms with Crippen LogP contribution in [0.25, 0.3) is 4.96 Å². The smallest absolute Gasteiger partial charge is 0.194 e. The molecule has 3 aromatic rings. The number of thiazole rings is 1. The molecule has 0 aliphatic rings. The van der Waals surface area contributed by atoms with Crippen LogP contribution in [0.1, 0.15) is 22.6 Å². The average Bonchev–Trinajstić information content (AvgIpc) is 2.91. The van der Waals surface area contributed by atoms with Gasteiger partial charge in [-0.25, -0.2) is 9.37 Å². The van der Waals surface area contributed by atoms with Crippen molar-refractivity contribution in [2.24, 2.45) is 0 Å². The molecular weight excluding hydrogens is 273 g/mol. The van der Waals surface area contributed by atoms with Crippen molar-refractivity contribution in [2.45, 2.75) is 27.3 Å². The van der Waals surface area contributed by atoms with E-state index >= 15 is 0 Å². The van der Waals surface area contributed by atoms with Gasteiger partial charge < -0.3 is 5.32 Å². The van der Waals surface area contributed by atoms with Crippen molar-refractivity contribution in [3.63, 3.8) is 0 Å². The Kier molecular flexibility index (Phi) is 3.22. The van der Waals surface area contributed by atoms with Crippen molar-refractivity contribution in [2.75, 3.05) is 5.32 Å². The van der Waals surface area contributed by atoms with Crippen LogP contribution >= 0.6 is 11.3 Å². The molecule has 0 spiro atoms. The third-order valence-corrected chi connectivity index (χ3v) is 4.42. The summed E-state index contributed by atoms with van der Waals surface area (Å²) in [5.74, 6) is -0.222. The topological polar surface area (TPSA) is 29.3 Å². The molecule has 2 heterocycles. The number of anilines is 1. The van der Waals surface area contributed by atoms with Gasteiger partial charge >= 0.3 is 0 Å². The number of nitrogens with one attached hydrogen (secondary N) is 1. The van der Waals surface area contributed by atoms with Gasteiger partial charge in [-0.3, -0.25) is 4.40 Å². The molecule has 1 aromatic carbocycles. The van der Waals surface area contributed by atoms with Crippen LogP contribution in [0.15, 0.2) is 23.6 Å². The quantitative estimate of drug-likeness (QED) is 0.787. The molecule has 2 aromatic heterocycles. The average molecular weight is 289 g/mol. The van der Waals surface area contributed by atoms with Gasteiger partial charge in [0.15, 0.2) is 4.96 Å². The number of aryl methyl sites for hydroxylation is 3. The zero-order valence-electron chi connectivity index (χ0n) is 11.7. The second kappa shape index (κ2) is 4.90. The molecular formula is C15H16FN3S. The second-order valence-electron chi connectivity index (χ2n) is 4.95. The first-order chi connectivity index (χ1) is 9.56. The Balaban J connectivity index is 1.92. The SMILES string of the molecule is Cc1ccc(F)cc1NCc1c(C)nc2scc(C)n12. The maximum Gasteiger partial charge on any atom is 0.194 e. The largest absolute Gasteiger partial charge is 0.379 e. The molecule has 1 N–H and O–H groups in total. The Morgan fingerprint density at radius 1 is 1.30 bits per heavy atom. The number of halogens is 1. The molecule has 0 aliphatic heterocycles. The Morgan fingerprint density at radius 2 is 2.10 bits per heavy atom. The van der Waals surface area contributed by atoms with Crippen molar-refractivity contribution < 1.29 is 4.39 Å². The predicted octanol–water partition coefficient (Wildman–Crippen LogP) is 4.07. The number of hydrogen-bond acceptors (Lipinski definition) is 3. The van der Waals surface area contributed by atoms with Gasteiger partial charge in [-0.15, -0.1) is 11.3 Å². The van der Waals surface area contributed by atoms with Crippen LogP contribution in [0, 0.1) is 26.6 Å². The summed E-state index contributed by atoms with van der Waals surface area (Å²) < 4.78 is 15.5. The zero-order valence-corrected chi connectivity index (χ0v) is 12.5. The van der Waals surface area contributed by atoms with Gasteiger partial charge in [-0.1, -0.05) is 6.07 Å². The van der Waals surface area contributed by atoms with E-state index in [0.29, 0.717) is 6.54 Å². The van der Waals surface area contributed by atoms with E-state index in [2.05, 4.69) is 27.0 Å². The first-order valence-electron chi connectivity index (χ1n) is 6.48. The van der Waals surface area contributed by atoms with Gasteiger partial charge in [0.25, 0.3) is 0 Å². The van der Waals surface area contributed by atoms with Gasteiger partial charge in [0.2, 0.25) is 0 Å². The maximum absolute atomic E-state index is 13.3. The van der Waals surface area contributed by atoms with Gasteiger partial charge in [-0.2, -0.15) is 0 Å². The molecule has 0 amide bonds. The highest BCUT2D eigenvalue weighted by molar-refractivity contribution is 7.15. The van der Waals surface area contributed by atoms with Gasteiger partial charge in [-0.05, 0) is 38.5 Å². The Hall–Kier alpha value is -1.88. The Bertz CT molecular complexity index is 773. The third-order valence-electron chi connectivity index (χ3n) is 3.48. The summed E-state index contributed by atoms with van der Waals surface area (Å²) in [6.07, 6.45) is 0. The predicted molar refractivity (Wildman–Crippen MR) is 81.0 cm³/mol. The molecule has 104 valence electrons. The molecule has 0 aliphatic carbocycles. The molecule has 0 bridgehead atoms. The van der Waals surface area contributed by atoms with Crippen LogP contribution < -0.4 is 5.32 Å². The molecule has 0 saturated heterocycles. The summed E-state index contributed by atoms with van der Waals surface area (Å²) in [4.78, 5) is 5.56. The first-order valence-corrected chi connectivity index (χ1v) is 7.36. The second-order valence-corrected chi connectivity index (χ2v) is 5.79. The van der Waals surface area contributed by atoms with Crippen molar-refractivity contribution in [1.82, 2.24) is 9.38 Å². The maximum atomic E-state index is 13.3. The van der Waals surface area contributed by atoms with E-state index in [9.17, 15) is 4.39 Å². The number of rotatable bonds is 3. The highest BCUT2D eigenvalue weighted by Crippen LogP contribution is 2.22. The summed E-state index contributed by atoms with van der Waals surface area (Å²) >= 11 is 1.64.